The highest BCUT2D eigenvalue weighted by molar-refractivity contribution is 5.99. The lowest BCUT2D eigenvalue weighted by Crippen LogP contribution is -2.37. The average Bonchev–Trinajstić information content (AvgIpc) is 2.76. The molecule has 0 unspecified atom stereocenters. The van der Waals surface area contributed by atoms with Gasteiger partial charge in [-0.15, -0.1) is 0 Å². The second kappa shape index (κ2) is 10.8. The van der Waals surface area contributed by atoms with Crippen LogP contribution in [0.4, 0.5) is 11.4 Å². The predicted molar refractivity (Wildman–Crippen MR) is 120 cm³/mol. The summed E-state index contributed by atoms with van der Waals surface area (Å²) in [6.07, 6.45) is 0.741. The molecule has 1 aliphatic heterocycles. The van der Waals surface area contributed by atoms with Crippen molar-refractivity contribution in [2.45, 2.75) is 27.2 Å². The van der Waals surface area contributed by atoms with Crippen molar-refractivity contribution < 1.29 is 23.8 Å². The molecule has 7 heteroatoms. The lowest BCUT2D eigenvalue weighted by Gasteiger charge is -2.30. The number of benzene rings is 2. The number of rotatable bonds is 8. The van der Waals surface area contributed by atoms with Crippen molar-refractivity contribution in [3.05, 3.63) is 53.1 Å². The van der Waals surface area contributed by atoms with E-state index in [0.717, 1.165) is 23.2 Å². The molecule has 0 saturated carbocycles. The van der Waals surface area contributed by atoms with Crippen molar-refractivity contribution in [3.63, 3.8) is 0 Å². The topological polar surface area (TPSA) is 77.1 Å². The van der Waals surface area contributed by atoms with Crippen molar-refractivity contribution in [2.75, 3.05) is 49.7 Å². The molecule has 1 amide bonds. The Hall–Kier alpha value is -3.06. The Morgan fingerprint density at radius 2 is 1.77 bits per heavy atom. The first-order chi connectivity index (χ1) is 15.0. The van der Waals surface area contributed by atoms with Gasteiger partial charge in [-0.3, -0.25) is 4.79 Å². The first kappa shape index (κ1) is 22.6. The van der Waals surface area contributed by atoms with Gasteiger partial charge in [-0.2, -0.15) is 0 Å². The fraction of sp³-hybridized carbons (Fsp3) is 0.417. The van der Waals surface area contributed by atoms with E-state index in [4.69, 9.17) is 14.2 Å². The number of carbonyl (C=O) groups excluding carboxylic acids is 2. The van der Waals surface area contributed by atoms with E-state index in [1.165, 1.54) is 0 Å². The van der Waals surface area contributed by atoms with Crippen molar-refractivity contribution >= 4 is 23.3 Å². The highest BCUT2D eigenvalue weighted by atomic mass is 16.5. The molecule has 0 spiro atoms. The van der Waals surface area contributed by atoms with Crippen molar-refractivity contribution in [1.29, 1.82) is 0 Å². The molecule has 2 aromatic rings. The Balaban J connectivity index is 1.71. The highest BCUT2D eigenvalue weighted by Gasteiger charge is 2.21. The Kier molecular flexibility index (Phi) is 7.89. The van der Waals surface area contributed by atoms with Crippen LogP contribution in [0.5, 0.6) is 5.75 Å². The van der Waals surface area contributed by atoms with E-state index < -0.39 is 5.97 Å². The molecular weight excluding hydrogens is 396 g/mol. The minimum Gasteiger partial charge on any atom is -0.484 e. The lowest BCUT2D eigenvalue weighted by atomic mass is 10.1. The molecule has 7 nitrogen and oxygen atoms in total. The average molecular weight is 427 g/mol. The van der Waals surface area contributed by atoms with Gasteiger partial charge in [-0.05, 0) is 61.7 Å². The van der Waals surface area contributed by atoms with Crippen molar-refractivity contribution in [2.24, 2.45) is 0 Å². The molecule has 1 aliphatic rings. The minimum absolute atomic E-state index is 0.121. The predicted octanol–water partition coefficient (Wildman–Crippen LogP) is 3.72. The third-order valence-corrected chi connectivity index (χ3v) is 4.85. The lowest BCUT2D eigenvalue weighted by molar-refractivity contribution is -0.118. The van der Waals surface area contributed by atoms with Gasteiger partial charge in [0, 0.05) is 18.8 Å². The van der Waals surface area contributed by atoms with Gasteiger partial charge in [0.05, 0.1) is 31.1 Å². The third kappa shape index (κ3) is 6.46. The maximum Gasteiger partial charge on any atom is 0.340 e. The van der Waals surface area contributed by atoms with Crippen LogP contribution >= 0.6 is 0 Å². The van der Waals surface area contributed by atoms with Crippen LogP contribution in [0.2, 0.25) is 0 Å². The van der Waals surface area contributed by atoms with E-state index in [9.17, 15) is 9.59 Å². The molecule has 1 saturated heterocycles. The normalized spacial score (nSPS) is 13.6. The monoisotopic (exact) mass is 426 g/mol. The SMILES string of the molecule is CCCOC(=O)c1cc(NC(=O)COc2cc(C)cc(C)c2)ccc1N1CCOCC1. The van der Waals surface area contributed by atoms with Crippen LogP contribution in [0, 0.1) is 13.8 Å². The smallest absolute Gasteiger partial charge is 0.340 e. The summed E-state index contributed by atoms with van der Waals surface area (Å²) in [6, 6.07) is 11.1. The summed E-state index contributed by atoms with van der Waals surface area (Å²) in [5.41, 5.74) is 3.89. The summed E-state index contributed by atoms with van der Waals surface area (Å²) in [4.78, 5) is 27.2. The molecule has 0 atom stereocenters. The number of ether oxygens (including phenoxy) is 3. The Labute approximate surface area is 183 Å². The van der Waals surface area contributed by atoms with Crippen molar-refractivity contribution in [3.8, 4) is 5.75 Å². The van der Waals surface area contributed by atoms with E-state index in [1.54, 1.807) is 12.1 Å². The summed E-state index contributed by atoms with van der Waals surface area (Å²) < 4.78 is 16.4. The molecule has 1 fully saturated rings. The van der Waals surface area contributed by atoms with E-state index >= 15 is 0 Å². The molecule has 1 heterocycles. The molecular formula is C24H30N2O5. The second-order valence-electron chi connectivity index (χ2n) is 7.63. The van der Waals surface area contributed by atoms with Gasteiger partial charge in [0.15, 0.2) is 6.61 Å². The van der Waals surface area contributed by atoms with Gasteiger partial charge in [-0.1, -0.05) is 13.0 Å². The molecule has 2 aromatic carbocycles. The molecule has 166 valence electrons. The summed E-state index contributed by atoms with van der Waals surface area (Å²) >= 11 is 0. The molecule has 0 aromatic heterocycles. The summed E-state index contributed by atoms with van der Waals surface area (Å²) in [7, 11) is 0. The van der Waals surface area contributed by atoms with Gasteiger partial charge in [0.1, 0.15) is 5.75 Å². The van der Waals surface area contributed by atoms with E-state index in [2.05, 4.69) is 10.2 Å². The van der Waals surface area contributed by atoms with Crippen molar-refractivity contribution in [1.82, 2.24) is 0 Å². The molecule has 31 heavy (non-hydrogen) atoms. The van der Waals surface area contributed by atoms with Crippen LogP contribution in [-0.4, -0.2) is 51.4 Å². The Morgan fingerprint density at radius 3 is 2.45 bits per heavy atom. The number of aryl methyl sites for hydroxylation is 2. The first-order valence-corrected chi connectivity index (χ1v) is 10.6. The zero-order valence-corrected chi connectivity index (χ0v) is 18.4. The number of hydrogen-bond donors (Lipinski definition) is 1. The fourth-order valence-corrected chi connectivity index (χ4v) is 3.49. The summed E-state index contributed by atoms with van der Waals surface area (Å²) in [5, 5.41) is 2.81. The number of nitrogens with one attached hydrogen (secondary N) is 1. The van der Waals surface area contributed by atoms with E-state index in [-0.39, 0.29) is 12.5 Å². The summed E-state index contributed by atoms with van der Waals surface area (Å²) in [5.74, 6) is -0.0452. The quantitative estimate of drug-likeness (QED) is 0.649. The maximum atomic E-state index is 12.7. The highest BCUT2D eigenvalue weighted by Crippen LogP contribution is 2.26. The number of anilines is 2. The molecule has 3 rings (SSSR count). The van der Waals surface area contributed by atoms with Gasteiger partial charge < -0.3 is 24.4 Å². The van der Waals surface area contributed by atoms with Gasteiger partial charge in [0.2, 0.25) is 0 Å². The van der Waals surface area contributed by atoms with Crippen LogP contribution in [0.15, 0.2) is 36.4 Å². The van der Waals surface area contributed by atoms with Gasteiger partial charge in [0.25, 0.3) is 5.91 Å². The zero-order chi connectivity index (χ0) is 22.2. The van der Waals surface area contributed by atoms with E-state index in [0.29, 0.717) is 49.9 Å². The molecule has 0 bridgehead atoms. The first-order valence-electron chi connectivity index (χ1n) is 10.6. The zero-order valence-electron chi connectivity index (χ0n) is 18.4. The number of amides is 1. The number of morpholine rings is 1. The molecule has 0 radical (unpaired) electrons. The van der Waals surface area contributed by atoms with Crippen LogP contribution in [0.25, 0.3) is 0 Å². The van der Waals surface area contributed by atoms with Crippen LogP contribution in [0.1, 0.15) is 34.8 Å². The Bertz CT molecular complexity index is 902. The van der Waals surface area contributed by atoms with Gasteiger partial charge in [-0.25, -0.2) is 4.79 Å². The van der Waals surface area contributed by atoms with Crippen LogP contribution in [-0.2, 0) is 14.3 Å². The largest absolute Gasteiger partial charge is 0.484 e. The standard InChI is InChI=1S/C24H30N2O5/c1-4-9-30-24(28)21-15-19(5-6-22(21)26-7-10-29-11-8-26)25-23(27)16-31-20-13-17(2)12-18(3)14-20/h5-6,12-15H,4,7-11,16H2,1-3H3,(H,25,27). The number of carbonyl (C=O) groups is 2. The number of hydrogen-bond acceptors (Lipinski definition) is 6. The van der Waals surface area contributed by atoms with Crippen LogP contribution < -0.4 is 15.0 Å². The minimum atomic E-state index is -0.397. The third-order valence-electron chi connectivity index (χ3n) is 4.85. The molecule has 0 aliphatic carbocycles. The summed E-state index contributed by atoms with van der Waals surface area (Å²) in [6.45, 7) is 8.75. The second-order valence-corrected chi connectivity index (χ2v) is 7.63. The number of nitrogens with zero attached hydrogens (tertiary/aromatic N) is 1. The van der Waals surface area contributed by atoms with Gasteiger partial charge >= 0.3 is 5.97 Å². The van der Waals surface area contributed by atoms with E-state index in [1.807, 2.05) is 45.0 Å². The maximum absolute atomic E-state index is 12.7. The molecule has 1 N–H and O–H groups in total. The Morgan fingerprint density at radius 1 is 1.06 bits per heavy atom. The number of esters is 1. The fourth-order valence-electron chi connectivity index (χ4n) is 3.49. The van der Waals surface area contributed by atoms with Crippen LogP contribution in [0.3, 0.4) is 0 Å².